The van der Waals surface area contributed by atoms with Gasteiger partial charge >= 0.3 is 0 Å². The minimum Gasteiger partial charge on any atom is -0.493 e. The van der Waals surface area contributed by atoms with Gasteiger partial charge in [-0.1, -0.05) is 19.1 Å². The third-order valence-corrected chi connectivity index (χ3v) is 3.70. The Labute approximate surface area is 127 Å². The van der Waals surface area contributed by atoms with Crippen LogP contribution in [0.4, 0.5) is 0 Å². The summed E-state index contributed by atoms with van der Waals surface area (Å²) in [5.74, 6) is 0.812. The van der Waals surface area contributed by atoms with Gasteiger partial charge in [0.05, 0.1) is 19.3 Å². The standard InChI is InChI=1S/C14H18IN3O/c1-4-16-13(10-6-5-7-11(15)8-10)14-12(19-3)9-17-18(14)2/h5-9,13,16H,4H2,1-3H3. The van der Waals surface area contributed by atoms with Crippen LogP contribution in [0.3, 0.4) is 0 Å². The molecular weight excluding hydrogens is 353 g/mol. The molecule has 1 atom stereocenters. The normalized spacial score (nSPS) is 12.4. The predicted octanol–water partition coefficient (Wildman–Crippen LogP) is 2.73. The first kappa shape index (κ1) is 14.3. The molecule has 0 aliphatic carbocycles. The van der Waals surface area contributed by atoms with Crippen LogP contribution in [0, 0.1) is 3.57 Å². The number of nitrogens with zero attached hydrogens (tertiary/aromatic N) is 2. The maximum Gasteiger partial charge on any atom is 0.161 e. The second-order valence-corrected chi connectivity index (χ2v) is 5.51. The highest BCUT2D eigenvalue weighted by atomic mass is 127. The zero-order valence-electron chi connectivity index (χ0n) is 11.4. The van der Waals surface area contributed by atoms with Crippen LogP contribution in [0.25, 0.3) is 0 Å². The summed E-state index contributed by atoms with van der Waals surface area (Å²) in [5.41, 5.74) is 2.27. The Balaban J connectivity index is 2.48. The van der Waals surface area contributed by atoms with Gasteiger partial charge in [0.1, 0.15) is 5.69 Å². The van der Waals surface area contributed by atoms with E-state index in [9.17, 15) is 0 Å². The van der Waals surface area contributed by atoms with Gasteiger partial charge in [0, 0.05) is 10.6 Å². The first-order valence-corrected chi connectivity index (χ1v) is 7.30. The van der Waals surface area contributed by atoms with Gasteiger partial charge in [-0.2, -0.15) is 5.10 Å². The molecule has 0 fully saturated rings. The molecule has 0 aliphatic rings. The number of aromatic nitrogens is 2. The molecular formula is C14H18IN3O. The lowest BCUT2D eigenvalue weighted by Gasteiger charge is -2.20. The molecule has 0 saturated carbocycles. The third-order valence-electron chi connectivity index (χ3n) is 3.03. The van der Waals surface area contributed by atoms with Crippen LogP contribution >= 0.6 is 22.6 Å². The molecule has 0 bridgehead atoms. The van der Waals surface area contributed by atoms with Crippen LogP contribution in [-0.2, 0) is 7.05 Å². The van der Waals surface area contributed by atoms with Crippen LogP contribution in [-0.4, -0.2) is 23.4 Å². The molecule has 0 spiro atoms. The van der Waals surface area contributed by atoms with Crippen molar-refractivity contribution >= 4 is 22.6 Å². The minimum absolute atomic E-state index is 0.0853. The highest BCUT2D eigenvalue weighted by Crippen LogP contribution is 2.30. The number of nitrogens with one attached hydrogen (secondary N) is 1. The molecule has 5 heteroatoms. The highest BCUT2D eigenvalue weighted by molar-refractivity contribution is 14.1. The van der Waals surface area contributed by atoms with Gasteiger partial charge in [0.15, 0.2) is 5.75 Å². The van der Waals surface area contributed by atoms with Crippen LogP contribution < -0.4 is 10.1 Å². The fourth-order valence-corrected chi connectivity index (χ4v) is 2.74. The van der Waals surface area contributed by atoms with Crippen molar-refractivity contribution in [3.8, 4) is 5.75 Å². The lowest BCUT2D eigenvalue weighted by atomic mass is 10.0. The number of benzene rings is 1. The molecule has 0 saturated heterocycles. The summed E-state index contributed by atoms with van der Waals surface area (Å²) >= 11 is 2.33. The summed E-state index contributed by atoms with van der Waals surface area (Å²) in [6.45, 7) is 2.98. The number of ether oxygens (including phenoxy) is 1. The van der Waals surface area contributed by atoms with Gasteiger partial charge in [0.25, 0.3) is 0 Å². The van der Waals surface area contributed by atoms with Gasteiger partial charge in [-0.3, -0.25) is 4.68 Å². The van der Waals surface area contributed by atoms with Crippen molar-refractivity contribution in [2.24, 2.45) is 7.05 Å². The van der Waals surface area contributed by atoms with Gasteiger partial charge < -0.3 is 10.1 Å². The minimum atomic E-state index is 0.0853. The summed E-state index contributed by atoms with van der Waals surface area (Å²) in [6, 6.07) is 8.56. The predicted molar refractivity (Wildman–Crippen MR) is 84.4 cm³/mol. The smallest absolute Gasteiger partial charge is 0.161 e. The third kappa shape index (κ3) is 3.09. The zero-order valence-corrected chi connectivity index (χ0v) is 13.5. The van der Waals surface area contributed by atoms with Crippen LogP contribution in [0.2, 0.25) is 0 Å². The largest absolute Gasteiger partial charge is 0.493 e. The molecule has 19 heavy (non-hydrogen) atoms. The summed E-state index contributed by atoms with van der Waals surface area (Å²) in [7, 11) is 3.62. The second kappa shape index (κ2) is 6.38. The van der Waals surface area contributed by atoms with Crippen molar-refractivity contribution in [2.75, 3.05) is 13.7 Å². The topological polar surface area (TPSA) is 39.1 Å². The Hall–Kier alpha value is -1.08. The van der Waals surface area contributed by atoms with Gasteiger partial charge in [-0.05, 0) is 46.8 Å². The first-order valence-electron chi connectivity index (χ1n) is 6.22. The van der Waals surface area contributed by atoms with E-state index in [0.717, 1.165) is 18.0 Å². The fourth-order valence-electron chi connectivity index (χ4n) is 2.18. The summed E-state index contributed by atoms with van der Waals surface area (Å²) in [6.07, 6.45) is 1.76. The second-order valence-electron chi connectivity index (χ2n) is 4.27. The molecule has 0 radical (unpaired) electrons. The highest BCUT2D eigenvalue weighted by Gasteiger charge is 2.21. The molecule has 2 rings (SSSR count). The molecule has 4 nitrogen and oxygen atoms in total. The Morgan fingerprint density at radius 3 is 2.89 bits per heavy atom. The molecule has 0 amide bonds. The number of hydrogen-bond donors (Lipinski definition) is 1. The van der Waals surface area contributed by atoms with E-state index in [4.69, 9.17) is 4.74 Å². The Kier molecular flexibility index (Phi) is 4.81. The lowest BCUT2D eigenvalue weighted by Crippen LogP contribution is -2.24. The van der Waals surface area contributed by atoms with Gasteiger partial charge in [0.2, 0.25) is 0 Å². The SMILES string of the molecule is CCNC(c1cccc(I)c1)c1c(OC)cnn1C. The molecule has 0 aliphatic heterocycles. The van der Waals surface area contributed by atoms with E-state index in [1.807, 2.05) is 11.7 Å². The van der Waals surface area contributed by atoms with Crippen molar-refractivity contribution in [3.63, 3.8) is 0 Å². The van der Waals surface area contributed by atoms with Gasteiger partial charge in [-0.15, -0.1) is 0 Å². The first-order chi connectivity index (χ1) is 9.17. The Morgan fingerprint density at radius 1 is 1.47 bits per heavy atom. The number of aryl methyl sites for hydroxylation is 1. The van der Waals surface area contributed by atoms with E-state index < -0.39 is 0 Å². The fraction of sp³-hybridized carbons (Fsp3) is 0.357. The van der Waals surface area contributed by atoms with E-state index >= 15 is 0 Å². The molecule has 1 aromatic carbocycles. The number of rotatable bonds is 5. The van der Waals surface area contributed by atoms with E-state index in [2.05, 4.69) is 64.2 Å². The number of halogens is 1. The number of methoxy groups -OCH3 is 1. The van der Waals surface area contributed by atoms with Crippen molar-refractivity contribution in [2.45, 2.75) is 13.0 Å². The maximum atomic E-state index is 5.42. The molecule has 2 aromatic rings. The molecule has 1 unspecified atom stereocenters. The van der Waals surface area contributed by atoms with Crippen molar-refractivity contribution in [1.29, 1.82) is 0 Å². The average Bonchev–Trinajstić information content (AvgIpc) is 2.77. The Bertz CT molecular complexity index is 553. The van der Waals surface area contributed by atoms with Crippen molar-refractivity contribution in [3.05, 3.63) is 45.3 Å². The molecule has 1 N–H and O–H groups in total. The van der Waals surface area contributed by atoms with E-state index in [1.54, 1.807) is 13.3 Å². The summed E-state index contributed by atoms with van der Waals surface area (Å²) < 4.78 is 8.51. The van der Waals surface area contributed by atoms with E-state index in [-0.39, 0.29) is 6.04 Å². The van der Waals surface area contributed by atoms with Crippen LogP contribution in [0.15, 0.2) is 30.5 Å². The van der Waals surface area contributed by atoms with Crippen molar-refractivity contribution in [1.82, 2.24) is 15.1 Å². The average molecular weight is 371 g/mol. The maximum absolute atomic E-state index is 5.42. The summed E-state index contributed by atoms with van der Waals surface area (Å²) in [5, 5.41) is 7.79. The van der Waals surface area contributed by atoms with Crippen LogP contribution in [0.5, 0.6) is 5.75 Å². The lowest BCUT2D eigenvalue weighted by molar-refractivity contribution is 0.401. The van der Waals surface area contributed by atoms with E-state index in [0.29, 0.717) is 0 Å². The molecule has 102 valence electrons. The molecule has 1 aromatic heterocycles. The quantitative estimate of drug-likeness (QED) is 0.822. The summed E-state index contributed by atoms with van der Waals surface area (Å²) in [4.78, 5) is 0. The van der Waals surface area contributed by atoms with Crippen molar-refractivity contribution < 1.29 is 4.74 Å². The monoisotopic (exact) mass is 371 g/mol. The van der Waals surface area contributed by atoms with Crippen LogP contribution in [0.1, 0.15) is 24.2 Å². The zero-order chi connectivity index (χ0) is 13.8. The Morgan fingerprint density at radius 2 is 2.26 bits per heavy atom. The number of hydrogen-bond acceptors (Lipinski definition) is 3. The molecule has 1 heterocycles. The van der Waals surface area contributed by atoms with Gasteiger partial charge in [-0.25, -0.2) is 0 Å². The van der Waals surface area contributed by atoms with E-state index in [1.165, 1.54) is 9.13 Å².